The number of benzene rings is 3. The van der Waals surface area contributed by atoms with Crippen molar-refractivity contribution in [3.8, 4) is 0 Å². The van der Waals surface area contributed by atoms with Crippen LogP contribution < -0.4 is 15.4 Å². The van der Waals surface area contributed by atoms with Gasteiger partial charge in [0.2, 0.25) is 5.95 Å². The molecule has 0 radical (unpaired) electrons. The first kappa shape index (κ1) is 20.4. The molecule has 0 spiro atoms. The number of rotatable bonds is 7. The molecule has 0 amide bonds. The summed E-state index contributed by atoms with van der Waals surface area (Å²) in [6.07, 6.45) is 0. The van der Waals surface area contributed by atoms with Crippen LogP contribution in [0.25, 0.3) is 0 Å². The summed E-state index contributed by atoms with van der Waals surface area (Å²) >= 11 is 0. The van der Waals surface area contributed by atoms with Crippen LogP contribution in [0.5, 0.6) is 0 Å². The highest BCUT2D eigenvalue weighted by Gasteiger charge is 2.13. The van der Waals surface area contributed by atoms with Crippen LogP contribution in [-0.2, 0) is 10.0 Å². The molecule has 3 aromatic carbocycles. The van der Waals surface area contributed by atoms with Crippen molar-refractivity contribution in [3.05, 3.63) is 96.7 Å². The minimum Gasteiger partial charge on any atom is -0.340 e. The van der Waals surface area contributed by atoms with Crippen molar-refractivity contribution in [2.24, 2.45) is 0 Å². The molecule has 0 aliphatic heterocycles. The lowest BCUT2D eigenvalue weighted by Gasteiger charge is -2.11. The van der Waals surface area contributed by atoms with Crippen LogP contribution in [0.15, 0.2) is 95.9 Å². The van der Waals surface area contributed by atoms with Gasteiger partial charge in [-0.25, -0.2) is 13.4 Å². The van der Waals surface area contributed by atoms with E-state index < -0.39 is 10.0 Å². The Morgan fingerprint density at radius 3 is 1.94 bits per heavy atom. The molecule has 3 N–H and O–H groups in total. The molecule has 4 aromatic rings. The highest BCUT2D eigenvalue weighted by atomic mass is 32.2. The number of aromatic nitrogens is 2. The second kappa shape index (κ2) is 8.85. The number of hydrogen-bond acceptors (Lipinski definition) is 6. The van der Waals surface area contributed by atoms with Gasteiger partial charge in [0.05, 0.1) is 4.90 Å². The fourth-order valence-electron chi connectivity index (χ4n) is 2.92. The Hall–Kier alpha value is -3.91. The standard InChI is InChI=1S/C23H21N5O2S/c1-17-16-22(25-18-8-4-2-5-9-18)27-23(24-17)26-19-12-14-20(15-13-19)28-31(29,30)21-10-6-3-7-11-21/h2-16,28H,1H3,(H2,24,25,26,27). The van der Waals surface area contributed by atoms with Gasteiger partial charge >= 0.3 is 0 Å². The van der Waals surface area contributed by atoms with Crippen molar-refractivity contribution in [1.29, 1.82) is 0 Å². The molecule has 0 unspecified atom stereocenters. The molecule has 31 heavy (non-hydrogen) atoms. The largest absolute Gasteiger partial charge is 0.340 e. The number of nitrogens with zero attached hydrogens (tertiary/aromatic N) is 2. The van der Waals surface area contributed by atoms with Gasteiger partial charge in [0.1, 0.15) is 5.82 Å². The van der Waals surface area contributed by atoms with Crippen LogP contribution in [0.4, 0.5) is 28.8 Å². The molecule has 0 bridgehead atoms. The summed E-state index contributed by atoms with van der Waals surface area (Å²) in [5.74, 6) is 1.12. The molecule has 7 nitrogen and oxygen atoms in total. The van der Waals surface area contributed by atoms with Gasteiger partial charge < -0.3 is 10.6 Å². The van der Waals surface area contributed by atoms with E-state index in [2.05, 4.69) is 25.3 Å². The molecule has 156 valence electrons. The number of nitrogens with one attached hydrogen (secondary N) is 3. The molecule has 0 atom stereocenters. The molecular weight excluding hydrogens is 410 g/mol. The molecular formula is C23H21N5O2S. The lowest BCUT2D eigenvalue weighted by molar-refractivity contribution is 0.601. The quantitative estimate of drug-likeness (QED) is 0.378. The predicted octanol–water partition coefficient (Wildman–Crippen LogP) is 5.07. The average Bonchev–Trinajstić information content (AvgIpc) is 2.76. The molecule has 0 saturated carbocycles. The van der Waals surface area contributed by atoms with Crippen LogP contribution in [0.2, 0.25) is 0 Å². The van der Waals surface area contributed by atoms with E-state index in [0.717, 1.165) is 17.1 Å². The molecule has 1 heterocycles. The lowest BCUT2D eigenvalue weighted by Crippen LogP contribution is -2.12. The summed E-state index contributed by atoms with van der Waals surface area (Å²) in [6, 6.07) is 26.8. The van der Waals surface area contributed by atoms with Gasteiger partial charge in [-0.15, -0.1) is 0 Å². The van der Waals surface area contributed by atoms with E-state index in [1.165, 1.54) is 0 Å². The summed E-state index contributed by atoms with van der Waals surface area (Å²) in [7, 11) is -3.63. The van der Waals surface area contributed by atoms with E-state index in [1.807, 2.05) is 43.3 Å². The van der Waals surface area contributed by atoms with Gasteiger partial charge in [-0.2, -0.15) is 4.98 Å². The van der Waals surface area contributed by atoms with Gasteiger partial charge in [0, 0.05) is 28.8 Å². The zero-order valence-electron chi connectivity index (χ0n) is 16.8. The molecule has 0 fully saturated rings. The maximum absolute atomic E-state index is 12.4. The van der Waals surface area contributed by atoms with Gasteiger partial charge in [-0.1, -0.05) is 36.4 Å². The van der Waals surface area contributed by atoms with Crippen molar-refractivity contribution in [1.82, 2.24) is 9.97 Å². The van der Waals surface area contributed by atoms with E-state index in [0.29, 0.717) is 17.5 Å². The Labute approximate surface area is 181 Å². The number of anilines is 5. The maximum Gasteiger partial charge on any atom is 0.261 e. The zero-order chi connectivity index (χ0) is 21.7. The Bertz CT molecular complexity index is 1260. The number of para-hydroxylation sites is 1. The van der Waals surface area contributed by atoms with Crippen LogP contribution in [0.3, 0.4) is 0 Å². The molecule has 1 aromatic heterocycles. The van der Waals surface area contributed by atoms with Crippen molar-refractivity contribution in [2.75, 3.05) is 15.4 Å². The van der Waals surface area contributed by atoms with Gasteiger partial charge in [-0.05, 0) is 55.5 Å². The number of sulfonamides is 1. The fraction of sp³-hybridized carbons (Fsp3) is 0.0435. The summed E-state index contributed by atoms with van der Waals surface area (Å²) in [5, 5.41) is 6.41. The Kier molecular flexibility index (Phi) is 5.81. The SMILES string of the molecule is Cc1cc(Nc2ccccc2)nc(Nc2ccc(NS(=O)(=O)c3ccccc3)cc2)n1. The Balaban J connectivity index is 1.47. The summed E-state index contributed by atoms with van der Waals surface area (Å²) in [5.41, 5.74) is 2.94. The first-order chi connectivity index (χ1) is 15.0. The smallest absolute Gasteiger partial charge is 0.261 e. The minimum absolute atomic E-state index is 0.212. The van der Waals surface area contributed by atoms with Gasteiger partial charge in [-0.3, -0.25) is 4.72 Å². The monoisotopic (exact) mass is 431 g/mol. The third-order valence-corrected chi connectivity index (χ3v) is 5.74. The number of hydrogen-bond donors (Lipinski definition) is 3. The lowest BCUT2D eigenvalue weighted by atomic mass is 10.3. The van der Waals surface area contributed by atoms with Crippen LogP contribution in [-0.4, -0.2) is 18.4 Å². The molecule has 4 rings (SSSR count). The van der Waals surface area contributed by atoms with Gasteiger partial charge in [0.25, 0.3) is 10.0 Å². The van der Waals surface area contributed by atoms with Crippen LogP contribution in [0, 0.1) is 6.92 Å². The van der Waals surface area contributed by atoms with E-state index in [9.17, 15) is 8.42 Å². The van der Waals surface area contributed by atoms with E-state index in [1.54, 1.807) is 54.6 Å². The molecule has 8 heteroatoms. The Morgan fingerprint density at radius 2 is 1.26 bits per heavy atom. The van der Waals surface area contributed by atoms with Crippen molar-refractivity contribution < 1.29 is 8.42 Å². The topological polar surface area (TPSA) is 96.0 Å². The fourth-order valence-corrected chi connectivity index (χ4v) is 4.00. The van der Waals surface area contributed by atoms with Crippen LogP contribution >= 0.6 is 0 Å². The van der Waals surface area contributed by atoms with Crippen molar-refractivity contribution in [3.63, 3.8) is 0 Å². The first-order valence-corrected chi connectivity index (χ1v) is 11.1. The second-order valence-electron chi connectivity index (χ2n) is 6.83. The third-order valence-electron chi connectivity index (χ3n) is 4.35. The Morgan fingerprint density at radius 1 is 0.677 bits per heavy atom. The number of aryl methyl sites for hydroxylation is 1. The third kappa shape index (κ3) is 5.37. The van der Waals surface area contributed by atoms with E-state index in [-0.39, 0.29) is 4.90 Å². The average molecular weight is 432 g/mol. The van der Waals surface area contributed by atoms with E-state index >= 15 is 0 Å². The highest BCUT2D eigenvalue weighted by molar-refractivity contribution is 7.92. The molecule has 0 saturated heterocycles. The van der Waals surface area contributed by atoms with E-state index in [4.69, 9.17) is 0 Å². The summed E-state index contributed by atoms with van der Waals surface area (Å²) < 4.78 is 27.5. The highest BCUT2D eigenvalue weighted by Crippen LogP contribution is 2.22. The van der Waals surface area contributed by atoms with Crippen molar-refractivity contribution in [2.45, 2.75) is 11.8 Å². The van der Waals surface area contributed by atoms with Gasteiger partial charge in [0.15, 0.2) is 0 Å². The molecule has 0 aliphatic carbocycles. The zero-order valence-corrected chi connectivity index (χ0v) is 17.6. The minimum atomic E-state index is -3.63. The maximum atomic E-state index is 12.4. The second-order valence-corrected chi connectivity index (χ2v) is 8.51. The normalized spacial score (nSPS) is 11.0. The molecule has 0 aliphatic rings. The van der Waals surface area contributed by atoms with Crippen molar-refractivity contribution >= 4 is 38.9 Å². The summed E-state index contributed by atoms with van der Waals surface area (Å²) in [6.45, 7) is 1.89. The first-order valence-electron chi connectivity index (χ1n) is 9.61. The summed E-state index contributed by atoms with van der Waals surface area (Å²) in [4.78, 5) is 9.13. The predicted molar refractivity (Wildman–Crippen MR) is 123 cm³/mol. The van der Waals surface area contributed by atoms with Crippen LogP contribution in [0.1, 0.15) is 5.69 Å².